The van der Waals surface area contributed by atoms with E-state index in [1.807, 2.05) is 35.8 Å². The third-order valence-corrected chi connectivity index (χ3v) is 2.30. The monoisotopic (exact) mass is 183 g/mol. The van der Waals surface area contributed by atoms with Gasteiger partial charge in [-0.3, -0.25) is 0 Å². The van der Waals surface area contributed by atoms with Gasteiger partial charge in [0.15, 0.2) is 0 Å². The molecule has 0 radical (unpaired) electrons. The Labute approximate surface area is 82.0 Å². The lowest BCUT2D eigenvalue weighted by Gasteiger charge is -2.08. The second kappa shape index (κ2) is 2.73. The quantitative estimate of drug-likeness (QED) is 0.663. The largest absolute Gasteiger partial charge is 0.345 e. The molecule has 0 saturated carbocycles. The van der Waals surface area contributed by atoms with E-state index in [9.17, 15) is 0 Å². The van der Waals surface area contributed by atoms with Crippen LogP contribution in [0.4, 0.5) is 0 Å². The highest BCUT2D eigenvalue weighted by atomic mass is 15.5. The first-order valence-corrected chi connectivity index (χ1v) is 4.51. The Morgan fingerprint density at radius 2 is 2.00 bits per heavy atom. The molecule has 2 heterocycles. The topological polar surface area (TPSA) is 27.6 Å². The highest BCUT2D eigenvalue weighted by Gasteiger charge is 2.12. The predicted molar refractivity (Wildman–Crippen MR) is 56.1 cm³/mol. The van der Waals surface area contributed by atoms with Gasteiger partial charge in [0, 0.05) is 18.0 Å². The summed E-state index contributed by atoms with van der Waals surface area (Å²) >= 11 is 0. The second-order valence-electron chi connectivity index (χ2n) is 3.21. The summed E-state index contributed by atoms with van der Waals surface area (Å²) in [6.07, 6.45) is 7.73. The molecular weight excluding hydrogens is 174 g/mol. The van der Waals surface area contributed by atoms with E-state index in [-0.39, 0.29) is 0 Å². The summed E-state index contributed by atoms with van der Waals surface area (Å²) in [6, 6.07) is 8.18. The molecule has 0 amide bonds. The number of hydrogen-bond donors (Lipinski definition) is 1. The normalized spacial score (nSPS) is 16.9. The lowest BCUT2D eigenvalue weighted by Crippen LogP contribution is -2.11. The molecule has 0 fully saturated rings. The molecule has 2 aliphatic rings. The van der Waals surface area contributed by atoms with Crippen LogP contribution in [0.25, 0.3) is 6.08 Å². The van der Waals surface area contributed by atoms with Crippen molar-refractivity contribution in [3.05, 3.63) is 53.6 Å². The van der Waals surface area contributed by atoms with Gasteiger partial charge in [-0.25, -0.2) is 5.01 Å². The minimum atomic E-state index is 0.992. The molecule has 0 aromatic heterocycles. The number of nitrogens with one attached hydrogen (secondary N) is 1. The van der Waals surface area contributed by atoms with E-state index in [0.29, 0.717) is 0 Å². The van der Waals surface area contributed by atoms with Crippen molar-refractivity contribution < 1.29 is 0 Å². The molecule has 3 heteroatoms. The van der Waals surface area contributed by atoms with Gasteiger partial charge < -0.3 is 5.32 Å². The van der Waals surface area contributed by atoms with Crippen LogP contribution in [0.2, 0.25) is 0 Å². The van der Waals surface area contributed by atoms with Crippen molar-refractivity contribution in [2.75, 3.05) is 0 Å². The summed E-state index contributed by atoms with van der Waals surface area (Å²) in [5, 5.41) is 9.27. The van der Waals surface area contributed by atoms with E-state index in [1.54, 1.807) is 0 Å². The molecule has 1 N–H and O–H groups in total. The average Bonchev–Trinajstić information content (AvgIpc) is 2.58. The number of benzene rings is 1. The lowest BCUT2D eigenvalue weighted by molar-refractivity contribution is 0.509. The molecule has 0 saturated heterocycles. The average molecular weight is 183 g/mol. The molecule has 0 unspecified atom stereocenters. The van der Waals surface area contributed by atoms with Crippen LogP contribution in [0.1, 0.15) is 11.1 Å². The Morgan fingerprint density at radius 1 is 1.14 bits per heavy atom. The van der Waals surface area contributed by atoms with Crippen LogP contribution in [0, 0.1) is 0 Å². The Morgan fingerprint density at radius 3 is 2.93 bits per heavy atom. The molecule has 1 aromatic carbocycles. The van der Waals surface area contributed by atoms with E-state index in [4.69, 9.17) is 0 Å². The first-order chi connectivity index (χ1) is 6.93. The maximum absolute atomic E-state index is 4.32. The minimum absolute atomic E-state index is 0.992. The standard InChI is InChI=1S/C11H9N3/c1-2-4-10-8-13-14-6-5-12-11(14)7-9(10)3-1/h1-8,12H. The van der Waals surface area contributed by atoms with E-state index >= 15 is 0 Å². The second-order valence-corrected chi connectivity index (χ2v) is 3.21. The van der Waals surface area contributed by atoms with E-state index in [2.05, 4.69) is 28.6 Å². The third kappa shape index (κ3) is 1.03. The third-order valence-electron chi connectivity index (χ3n) is 2.30. The molecule has 2 aliphatic heterocycles. The summed E-state index contributed by atoms with van der Waals surface area (Å²) in [5.41, 5.74) is 2.33. The maximum atomic E-state index is 4.32. The van der Waals surface area contributed by atoms with E-state index in [1.165, 1.54) is 5.56 Å². The van der Waals surface area contributed by atoms with Gasteiger partial charge in [-0.1, -0.05) is 24.3 Å². The van der Waals surface area contributed by atoms with Gasteiger partial charge in [0.1, 0.15) is 5.82 Å². The Kier molecular flexibility index (Phi) is 1.44. The number of fused-ring (bicyclic) bond motifs is 2. The Hall–Kier alpha value is -2.03. The molecule has 1 aromatic rings. The van der Waals surface area contributed by atoms with Crippen molar-refractivity contribution in [1.82, 2.24) is 10.3 Å². The fourth-order valence-electron chi connectivity index (χ4n) is 1.58. The van der Waals surface area contributed by atoms with Gasteiger partial charge in [0.25, 0.3) is 0 Å². The highest BCUT2D eigenvalue weighted by Crippen LogP contribution is 2.19. The van der Waals surface area contributed by atoms with Crippen LogP contribution < -0.4 is 5.32 Å². The van der Waals surface area contributed by atoms with Crippen molar-refractivity contribution in [2.45, 2.75) is 0 Å². The highest BCUT2D eigenvalue weighted by molar-refractivity contribution is 5.86. The zero-order chi connectivity index (χ0) is 9.38. The van der Waals surface area contributed by atoms with E-state index < -0.39 is 0 Å². The number of nitrogens with zero attached hydrogens (tertiary/aromatic N) is 2. The van der Waals surface area contributed by atoms with E-state index in [0.717, 1.165) is 11.4 Å². The van der Waals surface area contributed by atoms with Gasteiger partial charge in [0.2, 0.25) is 0 Å². The first kappa shape index (κ1) is 7.38. The van der Waals surface area contributed by atoms with Crippen molar-refractivity contribution in [1.29, 1.82) is 0 Å². The predicted octanol–water partition coefficient (Wildman–Crippen LogP) is 1.71. The molecule has 14 heavy (non-hydrogen) atoms. The van der Waals surface area contributed by atoms with Crippen molar-refractivity contribution in [2.24, 2.45) is 5.10 Å². The van der Waals surface area contributed by atoms with Crippen molar-refractivity contribution in [3.63, 3.8) is 0 Å². The zero-order valence-electron chi connectivity index (χ0n) is 7.51. The molecule has 0 atom stereocenters. The first-order valence-electron chi connectivity index (χ1n) is 4.51. The number of hydrogen-bond acceptors (Lipinski definition) is 3. The Balaban J connectivity index is 2.17. The molecule has 0 bridgehead atoms. The molecule has 0 spiro atoms. The van der Waals surface area contributed by atoms with Crippen molar-refractivity contribution in [3.8, 4) is 0 Å². The Bertz CT molecular complexity index is 457. The smallest absolute Gasteiger partial charge is 0.132 e. The maximum Gasteiger partial charge on any atom is 0.132 e. The summed E-state index contributed by atoms with van der Waals surface area (Å²) < 4.78 is 0. The molecule has 68 valence electrons. The fraction of sp³-hybridized carbons (Fsp3) is 0. The van der Waals surface area contributed by atoms with Crippen LogP contribution in [0.15, 0.2) is 47.6 Å². The van der Waals surface area contributed by atoms with Crippen molar-refractivity contribution >= 4 is 12.3 Å². The van der Waals surface area contributed by atoms with Crippen LogP contribution >= 0.6 is 0 Å². The SMILES string of the molecule is C1=CN2N=Cc3ccccc3C=C2N1. The fourth-order valence-corrected chi connectivity index (χ4v) is 1.58. The van der Waals surface area contributed by atoms with Crippen LogP contribution in [-0.2, 0) is 0 Å². The zero-order valence-corrected chi connectivity index (χ0v) is 7.51. The van der Waals surface area contributed by atoms with Crippen LogP contribution in [-0.4, -0.2) is 11.2 Å². The molecule has 3 nitrogen and oxygen atoms in total. The van der Waals surface area contributed by atoms with Gasteiger partial charge >= 0.3 is 0 Å². The summed E-state index contributed by atoms with van der Waals surface area (Å²) in [5.74, 6) is 0.992. The van der Waals surface area contributed by atoms with Crippen LogP contribution in [0.5, 0.6) is 0 Å². The molecular formula is C11H9N3. The summed E-state index contributed by atoms with van der Waals surface area (Å²) in [6.45, 7) is 0. The van der Waals surface area contributed by atoms with Gasteiger partial charge in [-0.2, -0.15) is 5.10 Å². The van der Waals surface area contributed by atoms with Gasteiger partial charge in [-0.15, -0.1) is 0 Å². The van der Waals surface area contributed by atoms with Gasteiger partial charge in [-0.05, 0) is 11.6 Å². The molecule has 0 aliphatic carbocycles. The minimum Gasteiger partial charge on any atom is -0.345 e. The lowest BCUT2D eigenvalue weighted by atomic mass is 10.1. The number of hydrazone groups is 1. The number of rotatable bonds is 0. The van der Waals surface area contributed by atoms with Gasteiger partial charge in [0.05, 0.1) is 6.21 Å². The van der Waals surface area contributed by atoms with Crippen LogP contribution in [0.3, 0.4) is 0 Å². The summed E-state index contributed by atoms with van der Waals surface area (Å²) in [7, 11) is 0. The summed E-state index contributed by atoms with van der Waals surface area (Å²) in [4.78, 5) is 0. The molecule has 3 rings (SSSR count).